The highest BCUT2D eigenvalue weighted by atomic mass is 32.1. The molecule has 0 unspecified atom stereocenters. The second kappa shape index (κ2) is 13.9. The Morgan fingerprint density at radius 3 is 1.44 bits per heavy atom. The minimum absolute atomic E-state index is 1.22. The molecule has 0 radical (unpaired) electrons. The van der Waals surface area contributed by atoms with E-state index in [0.29, 0.717) is 0 Å². The maximum Gasteiger partial charge on any atom is 0.0534 e. The maximum atomic E-state index is 2.49. The van der Waals surface area contributed by atoms with Gasteiger partial charge >= 0.3 is 0 Å². The van der Waals surface area contributed by atoms with Crippen LogP contribution < -0.4 is 0 Å². The molecule has 0 bridgehead atoms. The van der Waals surface area contributed by atoms with Gasteiger partial charge in [0.15, 0.2) is 0 Å². The van der Waals surface area contributed by atoms with Crippen LogP contribution in [0, 0.1) is 0 Å². The first-order chi connectivity index (χ1) is 31.8. The molecule has 0 aliphatic rings. The van der Waals surface area contributed by atoms with Crippen LogP contribution >= 0.6 is 22.7 Å². The molecule has 0 N–H and O–H groups in total. The second-order valence-corrected chi connectivity index (χ2v) is 19.1. The van der Waals surface area contributed by atoms with Gasteiger partial charge in [-0.1, -0.05) is 200 Å². The monoisotopic (exact) mass is 844 g/mol. The Morgan fingerprint density at radius 1 is 0.219 bits per heavy atom. The van der Waals surface area contributed by atoms with Gasteiger partial charge < -0.3 is 0 Å². The van der Waals surface area contributed by atoms with Gasteiger partial charge in [-0.3, -0.25) is 0 Å². The third-order valence-electron chi connectivity index (χ3n) is 13.7. The molecule has 0 spiro atoms. The molecular formula is C62H36S2. The van der Waals surface area contributed by atoms with E-state index in [0.717, 1.165) is 0 Å². The van der Waals surface area contributed by atoms with Crippen molar-refractivity contribution in [2.45, 2.75) is 0 Å². The quantitative estimate of drug-likeness (QED) is 0.155. The van der Waals surface area contributed by atoms with Crippen LogP contribution in [0.4, 0.5) is 0 Å². The Balaban J connectivity index is 0.996. The minimum atomic E-state index is 1.22. The highest BCUT2D eigenvalue weighted by Crippen LogP contribution is 2.51. The average molecular weight is 845 g/mol. The number of thiophene rings is 2. The van der Waals surface area contributed by atoms with Gasteiger partial charge in [0.1, 0.15) is 0 Å². The van der Waals surface area contributed by atoms with E-state index in [9.17, 15) is 0 Å². The lowest BCUT2D eigenvalue weighted by molar-refractivity contribution is 1.63. The summed E-state index contributed by atoms with van der Waals surface area (Å²) in [7, 11) is 0. The van der Waals surface area contributed by atoms with Crippen molar-refractivity contribution in [1.29, 1.82) is 0 Å². The molecule has 0 fully saturated rings. The summed E-state index contributed by atoms with van der Waals surface area (Å²) < 4.78 is 5.49. The molecule has 0 aliphatic carbocycles. The Labute approximate surface area is 377 Å². The summed E-state index contributed by atoms with van der Waals surface area (Å²) in [6, 6.07) is 81.5. The summed E-state index contributed by atoms with van der Waals surface area (Å²) in [6.07, 6.45) is 0. The number of benzene rings is 12. The lowest BCUT2D eigenvalue weighted by Crippen LogP contribution is -1.93. The molecule has 12 aromatic carbocycles. The van der Waals surface area contributed by atoms with Gasteiger partial charge in [0.2, 0.25) is 0 Å². The van der Waals surface area contributed by atoms with Crippen molar-refractivity contribution in [3.05, 3.63) is 218 Å². The smallest absolute Gasteiger partial charge is 0.0534 e. The molecule has 0 saturated carbocycles. The molecule has 296 valence electrons. The molecule has 0 atom stereocenters. The van der Waals surface area contributed by atoms with E-state index in [2.05, 4.69) is 218 Å². The van der Waals surface area contributed by atoms with E-state index in [4.69, 9.17) is 0 Å². The lowest BCUT2D eigenvalue weighted by Gasteiger charge is -2.20. The summed E-state index contributed by atoms with van der Waals surface area (Å²) in [4.78, 5) is 0. The summed E-state index contributed by atoms with van der Waals surface area (Å²) in [6.45, 7) is 0. The van der Waals surface area contributed by atoms with Crippen molar-refractivity contribution >= 4 is 117 Å². The zero-order valence-corrected chi connectivity index (χ0v) is 36.2. The molecule has 64 heavy (non-hydrogen) atoms. The topological polar surface area (TPSA) is 0 Å². The number of hydrogen-bond acceptors (Lipinski definition) is 2. The number of fused-ring (bicyclic) bond motifs is 13. The summed E-state index contributed by atoms with van der Waals surface area (Å²) in [5.41, 5.74) is 10.0. The molecule has 0 saturated heterocycles. The molecule has 2 aromatic heterocycles. The molecule has 14 aromatic rings. The molecule has 0 aliphatic heterocycles. The minimum Gasteiger partial charge on any atom is -0.134 e. The third-order valence-corrected chi connectivity index (χ3v) is 16.3. The predicted molar refractivity (Wildman–Crippen MR) is 281 cm³/mol. The van der Waals surface area contributed by atoms with Crippen molar-refractivity contribution in [2.24, 2.45) is 0 Å². The first-order valence-corrected chi connectivity index (χ1v) is 23.6. The van der Waals surface area contributed by atoms with Crippen LogP contribution in [-0.4, -0.2) is 0 Å². The highest BCUT2D eigenvalue weighted by molar-refractivity contribution is 7.34. The van der Waals surface area contributed by atoms with Crippen molar-refractivity contribution in [3.8, 4) is 44.5 Å². The maximum absolute atomic E-state index is 2.49. The average Bonchev–Trinajstić information content (AvgIpc) is 3.94. The van der Waals surface area contributed by atoms with E-state index in [1.165, 1.54) is 139 Å². The van der Waals surface area contributed by atoms with Crippen molar-refractivity contribution in [3.63, 3.8) is 0 Å². The fourth-order valence-corrected chi connectivity index (χ4v) is 13.5. The first kappa shape index (κ1) is 35.9. The van der Waals surface area contributed by atoms with E-state index < -0.39 is 0 Å². The lowest BCUT2D eigenvalue weighted by atomic mass is 9.83. The van der Waals surface area contributed by atoms with Gasteiger partial charge in [-0.2, -0.15) is 0 Å². The Morgan fingerprint density at radius 2 is 0.703 bits per heavy atom. The zero-order valence-electron chi connectivity index (χ0n) is 34.6. The Kier molecular flexibility index (Phi) is 7.83. The summed E-state index contributed by atoms with van der Waals surface area (Å²) in [5, 5.41) is 18.1. The highest BCUT2D eigenvalue weighted by Gasteiger charge is 2.22. The van der Waals surface area contributed by atoms with Gasteiger partial charge in [-0.15, -0.1) is 22.7 Å². The molecule has 14 rings (SSSR count). The van der Waals surface area contributed by atoms with Gasteiger partial charge in [0, 0.05) is 36.3 Å². The van der Waals surface area contributed by atoms with Gasteiger partial charge in [0.25, 0.3) is 0 Å². The second-order valence-electron chi connectivity index (χ2n) is 17.0. The fourth-order valence-electron chi connectivity index (χ4n) is 10.9. The van der Waals surface area contributed by atoms with Crippen LogP contribution in [0.15, 0.2) is 218 Å². The van der Waals surface area contributed by atoms with Gasteiger partial charge in [0.05, 0.1) is 9.40 Å². The summed E-state index contributed by atoms with van der Waals surface area (Å²) in [5.74, 6) is 0. The van der Waals surface area contributed by atoms with Crippen LogP contribution in [0.3, 0.4) is 0 Å². The number of rotatable bonds is 4. The van der Waals surface area contributed by atoms with Gasteiger partial charge in [-0.05, 0) is 111 Å². The predicted octanol–water partition coefficient (Wildman–Crippen LogP) is 18.9. The van der Waals surface area contributed by atoms with Crippen LogP contribution in [0.1, 0.15) is 0 Å². The first-order valence-electron chi connectivity index (χ1n) is 22.0. The van der Waals surface area contributed by atoms with E-state index >= 15 is 0 Å². The standard InChI is InChI=1S/C62H36S2/c1-2-19-40-37(15-1)16-14-29-41(40)38-17-13-18-39(35-38)58-47-24-6-8-26-49(47)59(50-27-9-7-25-48(50)58)51-32-31-45(42-20-3-4-21-43(42)51)55-36-56-54-34-33-53-46-23-11-12-30-57(46)63-61(53)62(54)64-60(56)52-28-10-5-22-44(52)55/h1-36H. The molecule has 2 heteroatoms. The molecule has 0 nitrogen and oxygen atoms in total. The molecular weight excluding hydrogens is 809 g/mol. The van der Waals surface area contributed by atoms with Crippen LogP contribution in [0.25, 0.3) is 139 Å². The largest absolute Gasteiger partial charge is 0.134 e. The Bertz CT molecular complexity index is 4200. The number of hydrogen-bond donors (Lipinski definition) is 0. The van der Waals surface area contributed by atoms with E-state index in [-0.39, 0.29) is 0 Å². The van der Waals surface area contributed by atoms with Gasteiger partial charge in [-0.25, -0.2) is 0 Å². The molecule has 2 heterocycles. The Hall–Kier alpha value is -7.62. The normalized spacial score (nSPS) is 12.1. The third kappa shape index (κ3) is 5.21. The van der Waals surface area contributed by atoms with Crippen molar-refractivity contribution < 1.29 is 0 Å². The zero-order chi connectivity index (χ0) is 41.9. The van der Waals surface area contributed by atoms with E-state index in [1.807, 2.05) is 22.7 Å². The summed E-state index contributed by atoms with van der Waals surface area (Å²) >= 11 is 3.88. The SMILES string of the molecule is c1cc(-c2cccc3ccccc23)cc(-c2c3ccccc3c(-c3ccc(-c4cc5c6ccc7c8ccccc8sc7c6sc5c5ccccc45)c4ccccc34)c3ccccc23)c1. The van der Waals surface area contributed by atoms with Crippen LogP contribution in [0.2, 0.25) is 0 Å². The van der Waals surface area contributed by atoms with Crippen LogP contribution in [-0.2, 0) is 0 Å². The van der Waals surface area contributed by atoms with Crippen molar-refractivity contribution in [1.82, 2.24) is 0 Å². The van der Waals surface area contributed by atoms with Crippen LogP contribution in [0.5, 0.6) is 0 Å². The fraction of sp³-hybridized carbons (Fsp3) is 0. The van der Waals surface area contributed by atoms with Crippen molar-refractivity contribution in [2.75, 3.05) is 0 Å². The molecule has 0 amide bonds. The van der Waals surface area contributed by atoms with E-state index in [1.54, 1.807) is 0 Å².